The predicted octanol–water partition coefficient (Wildman–Crippen LogP) is 2.39. The van der Waals surface area contributed by atoms with E-state index in [4.69, 9.17) is 0 Å². The maximum atomic E-state index is 9.35. The number of hydrogen-bond donors (Lipinski definition) is 0. The van der Waals surface area contributed by atoms with Crippen LogP contribution in [0.15, 0.2) is 48.5 Å². The molecule has 0 amide bonds. The molecule has 108 valence electrons. The van der Waals surface area contributed by atoms with Gasteiger partial charge in [0.1, 0.15) is 35.4 Å². The number of nitrogens with zero attached hydrogens (tertiary/aromatic N) is 4. The van der Waals surface area contributed by atoms with Gasteiger partial charge in [0.15, 0.2) is 0 Å². The second-order valence-corrected chi connectivity index (χ2v) is 5.04. The normalized spacial score (nSPS) is 9.50. The quantitative estimate of drug-likeness (QED) is 0.596. The standard InChI is InChI=1S/C20H8N4/c21-9-13(10-22)19-15-5-1-2-6-16(15)20(14(11-23)12-24)18-8-4-3-7-17(18)19/h1-8H. The first-order valence-corrected chi connectivity index (χ1v) is 7.05. The van der Waals surface area contributed by atoms with Crippen LogP contribution in [0.5, 0.6) is 0 Å². The van der Waals surface area contributed by atoms with E-state index in [2.05, 4.69) is 0 Å². The average Bonchev–Trinajstić information content (AvgIpc) is 2.64. The molecule has 4 heteroatoms. The van der Waals surface area contributed by atoms with Crippen molar-refractivity contribution in [3.63, 3.8) is 0 Å². The van der Waals surface area contributed by atoms with Crippen LogP contribution in [0.2, 0.25) is 0 Å². The summed E-state index contributed by atoms with van der Waals surface area (Å²) >= 11 is 0. The summed E-state index contributed by atoms with van der Waals surface area (Å²) in [6.45, 7) is 0. The lowest BCUT2D eigenvalue weighted by molar-refractivity contribution is 1.50. The lowest BCUT2D eigenvalue weighted by Gasteiger charge is -2.07. The first kappa shape index (κ1) is 14.8. The predicted molar refractivity (Wildman–Crippen MR) is 90.0 cm³/mol. The van der Waals surface area contributed by atoms with Gasteiger partial charge >= 0.3 is 0 Å². The van der Waals surface area contributed by atoms with Gasteiger partial charge in [-0.3, -0.25) is 0 Å². The smallest absolute Gasteiger partial charge is 0.138 e. The van der Waals surface area contributed by atoms with E-state index in [0.29, 0.717) is 32.0 Å². The SMILES string of the molecule is N#CC(C#N)=c1c2ccccc2c(=C(C#N)C#N)c2ccccc12. The highest BCUT2D eigenvalue weighted by molar-refractivity contribution is 6.05. The van der Waals surface area contributed by atoms with Crippen LogP contribution in [0.4, 0.5) is 0 Å². The zero-order valence-corrected chi connectivity index (χ0v) is 12.4. The van der Waals surface area contributed by atoms with Crippen molar-refractivity contribution in [2.24, 2.45) is 0 Å². The largest absolute Gasteiger partial charge is 0.192 e. The second kappa shape index (κ2) is 5.94. The van der Waals surface area contributed by atoms with Gasteiger partial charge in [-0.15, -0.1) is 0 Å². The molecule has 0 aliphatic carbocycles. The highest BCUT2D eigenvalue weighted by Crippen LogP contribution is 2.16. The number of nitriles is 4. The van der Waals surface area contributed by atoms with E-state index >= 15 is 0 Å². The van der Waals surface area contributed by atoms with E-state index < -0.39 is 0 Å². The fourth-order valence-electron chi connectivity index (χ4n) is 2.94. The number of benzene rings is 3. The number of rotatable bonds is 0. The van der Waals surface area contributed by atoms with Gasteiger partial charge in [-0.1, -0.05) is 48.5 Å². The molecule has 3 rings (SSSR count). The molecule has 0 N–H and O–H groups in total. The third-order valence-corrected chi connectivity index (χ3v) is 3.88. The molecule has 0 aliphatic heterocycles. The van der Waals surface area contributed by atoms with Crippen molar-refractivity contribution < 1.29 is 0 Å². The zero-order valence-electron chi connectivity index (χ0n) is 12.4. The summed E-state index contributed by atoms with van der Waals surface area (Å²) in [5.41, 5.74) is 0.00818. The fourth-order valence-corrected chi connectivity index (χ4v) is 2.94. The van der Waals surface area contributed by atoms with Crippen LogP contribution in [0, 0.1) is 45.3 Å². The second-order valence-electron chi connectivity index (χ2n) is 5.04. The van der Waals surface area contributed by atoms with Crippen molar-refractivity contribution in [3.8, 4) is 24.3 Å². The topological polar surface area (TPSA) is 95.2 Å². The fraction of sp³-hybridized carbons (Fsp3) is 0. The van der Waals surface area contributed by atoms with Gasteiger partial charge in [0.25, 0.3) is 0 Å². The first-order valence-electron chi connectivity index (χ1n) is 7.05. The van der Waals surface area contributed by atoms with E-state index in [9.17, 15) is 21.0 Å². The van der Waals surface area contributed by atoms with Crippen molar-refractivity contribution in [3.05, 3.63) is 59.0 Å². The summed E-state index contributed by atoms with van der Waals surface area (Å²) < 4.78 is 0. The minimum Gasteiger partial charge on any atom is -0.192 e. The van der Waals surface area contributed by atoms with Gasteiger partial charge in [-0.05, 0) is 21.5 Å². The van der Waals surface area contributed by atoms with E-state index in [0.717, 1.165) is 0 Å². The van der Waals surface area contributed by atoms with Crippen molar-refractivity contribution in [1.82, 2.24) is 0 Å². The minimum atomic E-state index is 0.00409. The van der Waals surface area contributed by atoms with Gasteiger partial charge in [0.05, 0.1) is 0 Å². The molecule has 24 heavy (non-hydrogen) atoms. The Morgan fingerprint density at radius 3 is 0.958 bits per heavy atom. The minimum absolute atomic E-state index is 0.00409. The van der Waals surface area contributed by atoms with Crippen molar-refractivity contribution in [2.45, 2.75) is 0 Å². The zero-order chi connectivity index (χ0) is 17.1. The summed E-state index contributed by atoms with van der Waals surface area (Å²) in [7, 11) is 0. The molecular weight excluding hydrogens is 296 g/mol. The van der Waals surface area contributed by atoms with Crippen LogP contribution in [-0.4, -0.2) is 0 Å². The van der Waals surface area contributed by atoms with Gasteiger partial charge < -0.3 is 0 Å². The van der Waals surface area contributed by atoms with Crippen LogP contribution in [0.1, 0.15) is 0 Å². The van der Waals surface area contributed by atoms with E-state index in [-0.39, 0.29) is 11.1 Å². The van der Waals surface area contributed by atoms with E-state index in [1.165, 1.54) is 0 Å². The summed E-state index contributed by atoms with van der Waals surface area (Å²) in [4.78, 5) is 0. The Balaban J connectivity index is 2.95. The summed E-state index contributed by atoms with van der Waals surface area (Å²) in [6, 6.07) is 22.2. The molecule has 0 unspecified atom stereocenters. The highest BCUT2D eigenvalue weighted by atomic mass is 14.3. The van der Waals surface area contributed by atoms with Crippen molar-refractivity contribution >= 4 is 32.7 Å². The Labute approximate surface area is 137 Å². The molecule has 4 nitrogen and oxygen atoms in total. The van der Waals surface area contributed by atoms with Gasteiger partial charge in [-0.2, -0.15) is 21.0 Å². The lowest BCUT2D eigenvalue weighted by atomic mass is 9.94. The summed E-state index contributed by atoms with van der Waals surface area (Å²) in [5.74, 6) is 0. The monoisotopic (exact) mass is 304 g/mol. The molecule has 0 atom stereocenters. The van der Waals surface area contributed by atoms with Gasteiger partial charge in [-0.25, -0.2) is 0 Å². The maximum Gasteiger partial charge on any atom is 0.138 e. The molecule has 0 saturated heterocycles. The lowest BCUT2D eigenvalue weighted by Crippen LogP contribution is -2.18. The molecule has 0 fully saturated rings. The highest BCUT2D eigenvalue weighted by Gasteiger charge is 2.11. The Morgan fingerprint density at radius 2 is 0.750 bits per heavy atom. The third kappa shape index (κ3) is 2.05. The average molecular weight is 304 g/mol. The first-order chi connectivity index (χ1) is 11.8. The van der Waals surface area contributed by atoms with E-state index in [1.54, 1.807) is 48.5 Å². The Kier molecular flexibility index (Phi) is 3.66. The number of fused-ring (bicyclic) bond motifs is 2. The van der Waals surface area contributed by atoms with Crippen LogP contribution in [-0.2, 0) is 0 Å². The molecule has 0 aromatic heterocycles. The van der Waals surface area contributed by atoms with Crippen molar-refractivity contribution in [2.75, 3.05) is 0 Å². The molecule has 3 aromatic carbocycles. The molecule has 0 bridgehead atoms. The summed E-state index contributed by atoms with van der Waals surface area (Å²) in [5, 5.41) is 41.2. The Bertz CT molecular complexity index is 1090. The molecule has 0 spiro atoms. The van der Waals surface area contributed by atoms with Gasteiger partial charge in [0, 0.05) is 10.4 Å². The molecule has 0 heterocycles. The molecule has 3 aromatic rings. The molecule has 0 saturated carbocycles. The molecular formula is C20H8N4. The van der Waals surface area contributed by atoms with Crippen LogP contribution < -0.4 is 10.4 Å². The van der Waals surface area contributed by atoms with E-state index in [1.807, 2.05) is 24.3 Å². The molecule has 0 aliphatic rings. The Hall–Kier alpha value is -4.12. The third-order valence-electron chi connectivity index (χ3n) is 3.88. The summed E-state index contributed by atoms with van der Waals surface area (Å²) in [6.07, 6.45) is 0. The van der Waals surface area contributed by atoms with Gasteiger partial charge in [0.2, 0.25) is 0 Å². The van der Waals surface area contributed by atoms with Crippen molar-refractivity contribution in [1.29, 1.82) is 21.0 Å². The molecule has 0 radical (unpaired) electrons. The van der Waals surface area contributed by atoms with Crippen LogP contribution in [0.3, 0.4) is 0 Å². The van der Waals surface area contributed by atoms with Crippen LogP contribution in [0.25, 0.3) is 32.7 Å². The number of hydrogen-bond acceptors (Lipinski definition) is 4. The van der Waals surface area contributed by atoms with Crippen LogP contribution >= 0.6 is 0 Å². The Morgan fingerprint density at radius 1 is 0.500 bits per heavy atom. The maximum absolute atomic E-state index is 9.35.